The SMILES string of the molecule is CCCn1c(SCc2nc(-c3ccc(F)c(F)c3)no2)nc2ccccc2c1=O. The zero-order valence-corrected chi connectivity index (χ0v) is 16.2. The molecule has 2 heterocycles. The van der Waals surface area contributed by atoms with E-state index in [-0.39, 0.29) is 17.1 Å². The van der Waals surface area contributed by atoms with Crippen molar-refractivity contribution in [2.24, 2.45) is 0 Å². The van der Waals surface area contributed by atoms with Crippen molar-refractivity contribution < 1.29 is 13.3 Å². The van der Waals surface area contributed by atoms with Crippen LogP contribution < -0.4 is 5.56 Å². The summed E-state index contributed by atoms with van der Waals surface area (Å²) in [6.45, 7) is 2.53. The molecule has 4 aromatic rings. The molecule has 2 aromatic heterocycles. The van der Waals surface area contributed by atoms with Crippen LogP contribution in [0.2, 0.25) is 0 Å². The predicted octanol–water partition coefficient (Wildman–Crippen LogP) is 4.43. The molecule has 0 bridgehead atoms. The average Bonchev–Trinajstić information content (AvgIpc) is 3.20. The Morgan fingerprint density at radius 3 is 2.72 bits per heavy atom. The molecule has 0 N–H and O–H groups in total. The Morgan fingerprint density at radius 2 is 1.93 bits per heavy atom. The number of halogens is 2. The first-order chi connectivity index (χ1) is 14.1. The van der Waals surface area contributed by atoms with Gasteiger partial charge in [0.15, 0.2) is 16.8 Å². The fourth-order valence-electron chi connectivity index (χ4n) is 2.87. The Morgan fingerprint density at radius 1 is 1.10 bits per heavy atom. The van der Waals surface area contributed by atoms with Crippen LogP contribution >= 0.6 is 11.8 Å². The zero-order valence-electron chi connectivity index (χ0n) is 15.4. The summed E-state index contributed by atoms with van der Waals surface area (Å²) in [6.07, 6.45) is 0.786. The highest BCUT2D eigenvalue weighted by molar-refractivity contribution is 7.98. The summed E-state index contributed by atoms with van der Waals surface area (Å²) >= 11 is 1.30. The highest BCUT2D eigenvalue weighted by Crippen LogP contribution is 2.24. The number of benzene rings is 2. The van der Waals surface area contributed by atoms with E-state index in [2.05, 4.69) is 15.1 Å². The Hall–Kier alpha value is -3.07. The van der Waals surface area contributed by atoms with Gasteiger partial charge in [0.05, 0.1) is 16.7 Å². The molecule has 0 aliphatic carbocycles. The number of hydrogen-bond donors (Lipinski definition) is 0. The number of nitrogens with zero attached hydrogens (tertiary/aromatic N) is 4. The van der Waals surface area contributed by atoms with Crippen molar-refractivity contribution in [1.29, 1.82) is 0 Å². The van der Waals surface area contributed by atoms with E-state index >= 15 is 0 Å². The van der Waals surface area contributed by atoms with Crippen molar-refractivity contribution in [2.75, 3.05) is 0 Å². The molecular weight excluding hydrogens is 398 g/mol. The van der Waals surface area contributed by atoms with E-state index in [4.69, 9.17) is 4.52 Å². The third-order valence-corrected chi connectivity index (χ3v) is 5.21. The lowest BCUT2D eigenvalue weighted by molar-refractivity contribution is 0.391. The number of para-hydroxylation sites is 1. The van der Waals surface area contributed by atoms with Crippen LogP contribution in [0, 0.1) is 11.6 Å². The number of hydrogen-bond acceptors (Lipinski definition) is 6. The third-order valence-electron chi connectivity index (χ3n) is 4.24. The first-order valence-electron chi connectivity index (χ1n) is 8.97. The molecule has 0 fully saturated rings. The molecule has 0 atom stereocenters. The molecule has 0 radical (unpaired) electrons. The Kier molecular flexibility index (Phi) is 5.39. The normalized spacial score (nSPS) is 11.3. The Balaban J connectivity index is 1.60. The second-order valence-electron chi connectivity index (χ2n) is 6.30. The van der Waals surface area contributed by atoms with Crippen LogP contribution in [0.3, 0.4) is 0 Å². The molecule has 0 spiro atoms. The molecule has 6 nitrogen and oxygen atoms in total. The maximum absolute atomic E-state index is 13.4. The molecule has 0 amide bonds. The minimum absolute atomic E-state index is 0.0899. The van der Waals surface area contributed by atoms with Crippen LogP contribution in [-0.2, 0) is 12.3 Å². The van der Waals surface area contributed by atoms with Gasteiger partial charge in [-0.25, -0.2) is 13.8 Å². The quantitative estimate of drug-likeness (QED) is 0.343. The molecule has 4 rings (SSSR count). The molecule has 0 saturated heterocycles. The number of aromatic nitrogens is 4. The third kappa shape index (κ3) is 3.91. The van der Waals surface area contributed by atoms with Gasteiger partial charge in [-0.2, -0.15) is 4.98 Å². The second-order valence-corrected chi connectivity index (χ2v) is 7.24. The maximum Gasteiger partial charge on any atom is 0.262 e. The first-order valence-corrected chi connectivity index (χ1v) is 9.95. The molecular formula is C20H16F2N4O2S. The van der Waals surface area contributed by atoms with E-state index in [1.54, 1.807) is 16.7 Å². The molecule has 29 heavy (non-hydrogen) atoms. The number of fused-ring (bicyclic) bond motifs is 1. The van der Waals surface area contributed by atoms with Crippen LogP contribution in [0.1, 0.15) is 19.2 Å². The minimum Gasteiger partial charge on any atom is -0.338 e. The summed E-state index contributed by atoms with van der Waals surface area (Å²) in [5.41, 5.74) is 0.851. The van der Waals surface area contributed by atoms with Crippen LogP contribution in [0.15, 0.2) is 56.9 Å². The minimum atomic E-state index is -0.979. The Labute approximate surface area is 168 Å². The highest BCUT2D eigenvalue weighted by Gasteiger charge is 2.15. The fraction of sp³-hybridized carbons (Fsp3) is 0.200. The molecule has 9 heteroatoms. The van der Waals surface area contributed by atoms with Gasteiger partial charge >= 0.3 is 0 Å². The number of thioether (sulfide) groups is 1. The fourth-order valence-corrected chi connectivity index (χ4v) is 3.73. The van der Waals surface area contributed by atoms with Gasteiger partial charge in [0.25, 0.3) is 5.56 Å². The summed E-state index contributed by atoms with van der Waals surface area (Å²) < 4.78 is 33.4. The monoisotopic (exact) mass is 414 g/mol. The van der Waals surface area contributed by atoms with Gasteiger partial charge in [0.1, 0.15) is 0 Å². The van der Waals surface area contributed by atoms with Gasteiger partial charge in [-0.3, -0.25) is 9.36 Å². The van der Waals surface area contributed by atoms with Gasteiger partial charge in [-0.1, -0.05) is 36.0 Å². The molecule has 148 valence electrons. The molecule has 0 aliphatic rings. The van der Waals surface area contributed by atoms with Gasteiger partial charge < -0.3 is 4.52 Å². The summed E-state index contributed by atoms with van der Waals surface area (Å²) in [6, 6.07) is 10.6. The molecule has 2 aromatic carbocycles. The topological polar surface area (TPSA) is 73.8 Å². The van der Waals surface area contributed by atoms with E-state index in [1.807, 2.05) is 19.1 Å². The molecule has 0 unspecified atom stereocenters. The van der Waals surface area contributed by atoms with Crippen LogP contribution in [-0.4, -0.2) is 19.7 Å². The van der Waals surface area contributed by atoms with E-state index in [1.165, 1.54) is 17.8 Å². The van der Waals surface area contributed by atoms with Crippen molar-refractivity contribution >= 4 is 22.7 Å². The lowest BCUT2D eigenvalue weighted by atomic mass is 10.2. The molecule has 0 saturated carbocycles. The number of rotatable bonds is 6. The summed E-state index contributed by atoms with van der Waals surface area (Å²) in [5.74, 6) is -1.18. The zero-order chi connectivity index (χ0) is 20.4. The van der Waals surface area contributed by atoms with Gasteiger partial charge in [0, 0.05) is 12.1 Å². The molecule has 0 aliphatic heterocycles. The predicted molar refractivity (Wildman–Crippen MR) is 106 cm³/mol. The van der Waals surface area contributed by atoms with E-state index in [9.17, 15) is 13.6 Å². The summed E-state index contributed by atoms with van der Waals surface area (Å²) in [4.78, 5) is 21.6. The average molecular weight is 414 g/mol. The van der Waals surface area contributed by atoms with Crippen molar-refractivity contribution in [2.45, 2.75) is 30.8 Å². The lowest BCUT2D eigenvalue weighted by Gasteiger charge is -2.11. The van der Waals surface area contributed by atoms with Crippen molar-refractivity contribution in [1.82, 2.24) is 19.7 Å². The van der Waals surface area contributed by atoms with Crippen molar-refractivity contribution in [3.63, 3.8) is 0 Å². The lowest BCUT2D eigenvalue weighted by Crippen LogP contribution is -2.23. The van der Waals surface area contributed by atoms with Gasteiger partial charge in [-0.05, 0) is 36.8 Å². The first kappa shape index (κ1) is 19.3. The Bertz CT molecular complexity index is 1240. The smallest absolute Gasteiger partial charge is 0.262 e. The van der Waals surface area contributed by atoms with E-state index in [0.29, 0.717) is 34.1 Å². The maximum atomic E-state index is 13.4. The van der Waals surface area contributed by atoms with Crippen molar-refractivity contribution in [3.8, 4) is 11.4 Å². The standard InChI is InChI=1S/C20H16F2N4O2S/c1-2-9-26-19(27)13-5-3-4-6-16(13)23-20(26)29-11-17-24-18(25-28-17)12-7-8-14(21)15(22)10-12/h3-8,10H,2,9,11H2,1H3. The van der Waals surface area contributed by atoms with Crippen LogP contribution in [0.4, 0.5) is 8.78 Å². The van der Waals surface area contributed by atoms with E-state index in [0.717, 1.165) is 18.6 Å². The van der Waals surface area contributed by atoms with Crippen LogP contribution in [0.5, 0.6) is 0 Å². The van der Waals surface area contributed by atoms with Crippen molar-refractivity contribution in [3.05, 3.63) is 70.3 Å². The van der Waals surface area contributed by atoms with Crippen LogP contribution in [0.25, 0.3) is 22.3 Å². The van der Waals surface area contributed by atoms with E-state index < -0.39 is 11.6 Å². The van der Waals surface area contributed by atoms with Gasteiger partial charge in [-0.15, -0.1) is 0 Å². The van der Waals surface area contributed by atoms with Gasteiger partial charge in [0.2, 0.25) is 11.7 Å². The summed E-state index contributed by atoms with van der Waals surface area (Å²) in [7, 11) is 0. The highest BCUT2D eigenvalue weighted by atomic mass is 32.2. The summed E-state index contributed by atoms with van der Waals surface area (Å²) in [5, 5.41) is 4.95. The second kappa shape index (κ2) is 8.12. The largest absolute Gasteiger partial charge is 0.338 e.